The molecule has 1 aliphatic rings. The third kappa shape index (κ3) is 4.01. The van der Waals surface area contributed by atoms with Crippen molar-refractivity contribution in [2.45, 2.75) is 32.6 Å². The average Bonchev–Trinajstić information content (AvgIpc) is 3.01. The van der Waals surface area contributed by atoms with Crippen LogP contribution in [0.2, 0.25) is 0 Å². The summed E-state index contributed by atoms with van der Waals surface area (Å²) in [5.41, 5.74) is 1.84. The van der Waals surface area contributed by atoms with Crippen molar-refractivity contribution < 1.29 is 19.0 Å². The third-order valence-electron chi connectivity index (χ3n) is 5.64. The molecule has 4 nitrogen and oxygen atoms in total. The van der Waals surface area contributed by atoms with Gasteiger partial charge < -0.3 is 14.2 Å². The third-order valence-corrected chi connectivity index (χ3v) is 5.64. The number of Topliss-reactive ketones (excluding diaryl/α,β-unsaturated/α-hetero) is 1. The molecule has 0 aromatic heterocycles. The Bertz CT molecular complexity index is 779. The molecule has 1 fully saturated rings. The van der Waals surface area contributed by atoms with E-state index < -0.39 is 0 Å². The fourth-order valence-electron chi connectivity index (χ4n) is 4.28. The molecule has 0 bridgehead atoms. The van der Waals surface area contributed by atoms with E-state index in [4.69, 9.17) is 14.2 Å². The Hall–Kier alpha value is -2.33. The van der Waals surface area contributed by atoms with E-state index in [1.807, 2.05) is 42.5 Å². The first-order valence-electron chi connectivity index (χ1n) is 9.37. The van der Waals surface area contributed by atoms with Crippen molar-refractivity contribution in [3.63, 3.8) is 0 Å². The van der Waals surface area contributed by atoms with Gasteiger partial charge in [0.1, 0.15) is 11.5 Å². The van der Waals surface area contributed by atoms with E-state index in [2.05, 4.69) is 19.9 Å². The molecule has 1 saturated carbocycles. The first kappa shape index (κ1) is 19.4. The maximum Gasteiger partial charge on any atom is 0.188 e. The Kier molecular flexibility index (Phi) is 5.85. The summed E-state index contributed by atoms with van der Waals surface area (Å²) < 4.78 is 16.1. The SMILES string of the molecule is COCOc1ccccc1[C@H]1[C@@H](C(=O)c2ccc(OC)cc2)CCC1(C)C. The predicted molar refractivity (Wildman–Crippen MR) is 106 cm³/mol. The second-order valence-corrected chi connectivity index (χ2v) is 7.79. The summed E-state index contributed by atoms with van der Waals surface area (Å²) in [6.45, 7) is 4.68. The summed E-state index contributed by atoms with van der Waals surface area (Å²) in [5, 5.41) is 0. The van der Waals surface area contributed by atoms with Gasteiger partial charge in [-0.2, -0.15) is 0 Å². The van der Waals surface area contributed by atoms with Crippen LogP contribution in [0.3, 0.4) is 0 Å². The van der Waals surface area contributed by atoms with Crippen LogP contribution < -0.4 is 9.47 Å². The fraction of sp³-hybridized carbons (Fsp3) is 0.435. The molecule has 0 spiro atoms. The van der Waals surface area contributed by atoms with Gasteiger partial charge in [0.05, 0.1) is 7.11 Å². The molecule has 3 rings (SSSR count). The van der Waals surface area contributed by atoms with Crippen molar-refractivity contribution in [3.05, 3.63) is 59.7 Å². The molecule has 1 aliphatic carbocycles. The van der Waals surface area contributed by atoms with Crippen LogP contribution in [0, 0.1) is 11.3 Å². The summed E-state index contributed by atoms with van der Waals surface area (Å²) in [4.78, 5) is 13.3. The monoisotopic (exact) mass is 368 g/mol. The van der Waals surface area contributed by atoms with Gasteiger partial charge in [-0.05, 0) is 54.2 Å². The Morgan fingerprint density at radius 1 is 1.07 bits per heavy atom. The van der Waals surface area contributed by atoms with Gasteiger partial charge in [0, 0.05) is 24.5 Å². The van der Waals surface area contributed by atoms with Gasteiger partial charge in [-0.15, -0.1) is 0 Å². The number of carbonyl (C=O) groups excluding carboxylic acids is 1. The van der Waals surface area contributed by atoms with Gasteiger partial charge in [0.15, 0.2) is 12.6 Å². The number of hydrogen-bond acceptors (Lipinski definition) is 4. The van der Waals surface area contributed by atoms with Gasteiger partial charge >= 0.3 is 0 Å². The smallest absolute Gasteiger partial charge is 0.188 e. The quantitative estimate of drug-likeness (QED) is 0.505. The van der Waals surface area contributed by atoms with Crippen molar-refractivity contribution in [1.29, 1.82) is 0 Å². The zero-order valence-electron chi connectivity index (χ0n) is 16.5. The molecule has 0 radical (unpaired) electrons. The summed E-state index contributed by atoms with van der Waals surface area (Å²) in [6, 6.07) is 15.4. The summed E-state index contributed by atoms with van der Waals surface area (Å²) >= 11 is 0. The molecule has 27 heavy (non-hydrogen) atoms. The van der Waals surface area contributed by atoms with Crippen LogP contribution >= 0.6 is 0 Å². The lowest BCUT2D eigenvalue weighted by Gasteiger charge is -2.32. The van der Waals surface area contributed by atoms with E-state index >= 15 is 0 Å². The van der Waals surface area contributed by atoms with Crippen LogP contribution in [0.25, 0.3) is 0 Å². The molecule has 2 atom stereocenters. The van der Waals surface area contributed by atoms with Gasteiger partial charge in [0.2, 0.25) is 0 Å². The fourth-order valence-corrected chi connectivity index (χ4v) is 4.28. The second-order valence-electron chi connectivity index (χ2n) is 7.79. The number of rotatable bonds is 7. The zero-order valence-corrected chi connectivity index (χ0v) is 16.5. The van der Waals surface area contributed by atoms with Gasteiger partial charge in [-0.1, -0.05) is 32.0 Å². The number of para-hydroxylation sites is 1. The Morgan fingerprint density at radius 2 is 1.78 bits per heavy atom. The van der Waals surface area contributed by atoms with Gasteiger partial charge in [-0.25, -0.2) is 0 Å². The maximum atomic E-state index is 13.3. The first-order chi connectivity index (χ1) is 13.0. The van der Waals surface area contributed by atoms with E-state index in [-0.39, 0.29) is 29.8 Å². The average molecular weight is 368 g/mol. The Morgan fingerprint density at radius 3 is 2.44 bits per heavy atom. The first-order valence-corrected chi connectivity index (χ1v) is 9.37. The number of ketones is 1. The highest BCUT2D eigenvalue weighted by molar-refractivity contribution is 5.99. The number of methoxy groups -OCH3 is 2. The van der Waals surface area contributed by atoms with Crippen molar-refractivity contribution in [2.75, 3.05) is 21.0 Å². The highest BCUT2D eigenvalue weighted by Crippen LogP contribution is 2.55. The summed E-state index contributed by atoms with van der Waals surface area (Å²) in [6.07, 6.45) is 1.88. The minimum atomic E-state index is -0.0688. The Labute approximate surface area is 161 Å². The van der Waals surface area contributed by atoms with Crippen LogP contribution in [-0.2, 0) is 4.74 Å². The number of ether oxygens (including phenoxy) is 3. The second kappa shape index (κ2) is 8.13. The molecular weight excluding hydrogens is 340 g/mol. The number of benzene rings is 2. The van der Waals surface area contributed by atoms with Crippen LogP contribution in [0.1, 0.15) is 48.5 Å². The van der Waals surface area contributed by atoms with E-state index in [0.717, 1.165) is 35.5 Å². The number of carbonyl (C=O) groups is 1. The largest absolute Gasteiger partial charge is 0.497 e. The van der Waals surface area contributed by atoms with Crippen molar-refractivity contribution >= 4 is 5.78 Å². The molecule has 144 valence electrons. The van der Waals surface area contributed by atoms with E-state index in [9.17, 15) is 4.79 Å². The molecule has 0 saturated heterocycles. The molecule has 2 aromatic rings. The van der Waals surface area contributed by atoms with Crippen molar-refractivity contribution in [1.82, 2.24) is 0 Å². The summed E-state index contributed by atoms with van der Waals surface area (Å²) in [7, 11) is 3.24. The maximum absolute atomic E-state index is 13.3. The van der Waals surface area contributed by atoms with Crippen molar-refractivity contribution in [2.24, 2.45) is 11.3 Å². The van der Waals surface area contributed by atoms with Crippen LogP contribution in [-0.4, -0.2) is 26.8 Å². The topological polar surface area (TPSA) is 44.8 Å². The van der Waals surface area contributed by atoms with Gasteiger partial charge in [-0.3, -0.25) is 4.79 Å². The molecule has 0 aliphatic heterocycles. The minimum Gasteiger partial charge on any atom is -0.497 e. The van der Waals surface area contributed by atoms with E-state index in [1.54, 1.807) is 14.2 Å². The highest BCUT2D eigenvalue weighted by Gasteiger charge is 2.47. The molecule has 0 amide bonds. The normalized spacial score (nSPS) is 21.0. The predicted octanol–water partition coefficient (Wildman–Crippen LogP) is 5.08. The van der Waals surface area contributed by atoms with Crippen LogP contribution in [0.15, 0.2) is 48.5 Å². The molecular formula is C23H28O4. The number of hydrogen-bond donors (Lipinski definition) is 0. The molecule has 0 N–H and O–H groups in total. The van der Waals surface area contributed by atoms with Gasteiger partial charge in [0.25, 0.3) is 0 Å². The van der Waals surface area contributed by atoms with E-state index in [0.29, 0.717) is 0 Å². The lowest BCUT2D eigenvalue weighted by Crippen LogP contribution is -2.26. The van der Waals surface area contributed by atoms with Crippen LogP contribution in [0.5, 0.6) is 11.5 Å². The zero-order chi connectivity index (χ0) is 19.4. The standard InChI is InChI=1S/C23H28O4/c1-23(2)14-13-19(22(24)16-9-11-17(26-4)12-10-16)21(23)18-7-5-6-8-20(18)27-15-25-3/h5-12,19,21H,13-15H2,1-4H3/t19-,21-/m0/s1. The minimum absolute atomic E-state index is 0.0132. The highest BCUT2D eigenvalue weighted by atomic mass is 16.7. The molecule has 2 aromatic carbocycles. The summed E-state index contributed by atoms with van der Waals surface area (Å²) in [5.74, 6) is 1.77. The molecule has 4 heteroatoms. The van der Waals surface area contributed by atoms with E-state index in [1.165, 1.54) is 0 Å². The lowest BCUT2D eigenvalue weighted by molar-refractivity contribution is 0.0494. The lowest BCUT2D eigenvalue weighted by atomic mass is 9.72. The molecule has 0 unspecified atom stereocenters. The van der Waals surface area contributed by atoms with Crippen LogP contribution in [0.4, 0.5) is 0 Å². The molecule has 0 heterocycles. The Balaban J connectivity index is 1.95. The van der Waals surface area contributed by atoms with Crippen molar-refractivity contribution in [3.8, 4) is 11.5 Å².